The molecule has 0 atom stereocenters. The molecule has 0 unspecified atom stereocenters. The molecule has 5 nitrogen and oxygen atoms in total. The van der Waals surface area contributed by atoms with Crippen LogP contribution in [-0.4, -0.2) is 14.8 Å². The van der Waals surface area contributed by atoms with Gasteiger partial charge in [-0.25, -0.2) is 0 Å². The third-order valence-corrected chi connectivity index (χ3v) is 3.63. The van der Waals surface area contributed by atoms with Gasteiger partial charge in [-0.05, 0) is 31.0 Å². The fourth-order valence-corrected chi connectivity index (χ4v) is 2.56. The lowest BCUT2D eigenvalue weighted by molar-refractivity contribution is 0.610. The summed E-state index contributed by atoms with van der Waals surface area (Å²) in [7, 11) is 0. The minimum absolute atomic E-state index is 0.641. The summed E-state index contributed by atoms with van der Waals surface area (Å²) in [5, 5.41) is 20.8. The highest BCUT2D eigenvalue weighted by atomic mass is 15.3. The number of aromatic nitrogens is 3. The monoisotopic (exact) mass is 267 g/mol. The number of nitrogens with one attached hydrogen (secondary N) is 1. The van der Waals surface area contributed by atoms with Gasteiger partial charge in [0, 0.05) is 18.7 Å². The second-order valence-corrected chi connectivity index (χ2v) is 5.04. The number of anilines is 1. The molecule has 20 heavy (non-hydrogen) atoms. The van der Waals surface area contributed by atoms with E-state index >= 15 is 0 Å². The van der Waals surface area contributed by atoms with Crippen molar-refractivity contribution in [3.63, 3.8) is 0 Å². The molecule has 0 aliphatic carbocycles. The highest BCUT2D eigenvalue weighted by Crippen LogP contribution is 2.16. The summed E-state index contributed by atoms with van der Waals surface area (Å²) >= 11 is 0. The molecule has 5 heteroatoms. The van der Waals surface area contributed by atoms with Gasteiger partial charge in [0.2, 0.25) is 0 Å². The van der Waals surface area contributed by atoms with E-state index in [0.717, 1.165) is 30.3 Å². The van der Waals surface area contributed by atoms with Gasteiger partial charge < -0.3 is 9.88 Å². The van der Waals surface area contributed by atoms with Crippen molar-refractivity contribution in [2.75, 3.05) is 5.32 Å². The van der Waals surface area contributed by atoms with Crippen LogP contribution in [0.3, 0.4) is 0 Å². The van der Waals surface area contributed by atoms with Gasteiger partial charge in [-0.1, -0.05) is 12.5 Å². The SMILES string of the molecule is N#Cc1cccc(NCc2nnc3n2CCCCC3)c1. The van der Waals surface area contributed by atoms with Crippen molar-refractivity contribution in [2.45, 2.75) is 38.8 Å². The first kappa shape index (κ1) is 12.7. The predicted molar refractivity (Wildman–Crippen MR) is 76.1 cm³/mol. The van der Waals surface area contributed by atoms with Crippen molar-refractivity contribution in [1.29, 1.82) is 5.26 Å². The van der Waals surface area contributed by atoms with E-state index in [1.54, 1.807) is 6.07 Å². The Balaban J connectivity index is 1.72. The quantitative estimate of drug-likeness (QED) is 0.927. The summed E-state index contributed by atoms with van der Waals surface area (Å²) in [6, 6.07) is 9.63. The van der Waals surface area contributed by atoms with Crippen molar-refractivity contribution in [3.8, 4) is 6.07 Å². The zero-order valence-corrected chi connectivity index (χ0v) is 11.3. The molecule has 0 saturated heterocycles. The first-order chi connectivity index (χ1) is 9.86. The summed E-state index contributed by atoms with van der Waals surface area (Å²) in [5.41, 5.74) is 1.60. The zero-order valence-electron chi connectivity index (χ0n) is 11.3. The normalized spacial score (nSPS) is 14.2. The van der Waals surface area contributed by atoms with E-state index in [1.807, 2.05) is 18.2 Å². The lowest BCUT2D eigenvalue weighted by Gasteiger charge is -2.09. The standard InChI is InChI=1S/C15H17N5/c16-10-12-5-4-6-13(9-12)17-11-15-19-18-14-7-2-1-3-8-20(14)15/h4-6,9,17H,1-3,7-8,11H2. The van der Waals surface area contributed by atoms with Crippen LogP contribution < -0.4 is 5.32 Å². The summed E-state index contributed by atoms with van der Waals surface area (Å²) in [6.45, 7) is 1.65. The third-order valence-electron chi connectivity index (χ3n) is 3.63. The van der Waals surface area contributed by atoms with Crippen LogP contribution in [-0.2, 0) is 19.5 Å². The Labute approximate surface area is 118 Å². The Morgan fingerprint density at radius 2 is 2.20 bits per heavy atom. The van der Waals surface area contributed by atoms with Crippen molar-refractivity contribution >= 4 is 5.69 Å². The van der Waals surface area contributed by atoms with E-state index < -0.39 is 0 Å². The number of aryl methyl sites for hydroxylation is 1. The summed E-state index contributed by atoms with van der Waals surface area (Å²) < 4.78 is 2.23. The minimum Gasteiger partial charge on any atom is -0.378 e. The molecule has 2 aromatic rings. The number of hydrogen-bond acceptors (Lipinski definition) is 4. The van der Waals surface area contributed by atoms with Crippen LogP contribution in [0.1, 0.15) is 36.5 Å². The topological polar surface area (TPSA) is 66.5 Å². The molecule has 2 heterocycles. The van der Waals surface area contributed by atoms with Crippen LogP contribution in [0.5, 0.6) is 0 Å². The van der Waals surface area contributed by atoms with Gasteiger partial charge in [0.05, 0.1) is 18.2 Å². The van der Waals surface area contributed by atoms with E-state index in [1.165, 1.54) is 19.3 Å². The van der Waals surface area contributed by atoms with Crippen LogP contribution >= 0.6 is 0 Å². The number of benzene rings is 1. The molecule has 0 fully saturated rings. The Morgan fingerprint density at radius 3 is 3.10 bits per heavy atom. The van der Waals surface area contributed by atoms with Gasteiger partial charge in [-0.15, -0.1) is 10.2 Å². The van der Waals surface area contributed by atoms with Crippen LogP contribution in [0.4, 0.5) is 5.69 Å². The average Bonchev–Trinajstić information content (AvgIpc) is 2.72. The van der Waals surface area contributed by atoms with Crippen molar-refractivity contribution in [3.05, 3.63) is 41.5 Å². The zero-order chi connectivity index (χ0) is 13.8. The molecule has 1 aromatic heterocycles. The number of rotatable bonds is 3. The maximum absolute atomic E-state index is 8.90. The fraction of sp³-hybridized carbons (Fsp3) is 0.400. The largest absolute Gasteiger partial charge is 0.378 e. The Kier molecular flexibility index (Phi) is 3.64. The highest BCUT2D eigenvalue weighted by Gasteiger charge is 2.14. The van der Waals surface area contributed by atoms with Gasteiger partial charge in [-0.3, -0.25) is 0 Å². The second-order valence-electron chi connectivity index (χ2n) is 5.04. The van der Waals surface area contributed by atoms with E-state index in [-0.39, 0.29) is 0 Å². The van der Waals surface area contributed by atoms with Crippen LogP contribution in [0.2, 0.25) is 0 Å². The molecular formula is C15H17N5. The van der Waals surface area contributed by atoms with Gasteiger partial charge in [-0.2, -0.15) is 5.26 Å². The van der Waals surface area contributed by atoms with Crippen LogP contribution in [0, 0.1) is 11.3 Å². The Hall–Kier alpha value is -2.35. The molecule has 0 bridgehead atoms. The second kappa shape index (κ2) is 5.74. The molecule has 1 aliphatic rings. The summed E-state index contributed by atoms with van der Waals surface area (Å²) in [6.07, 6.45) is 4.69. The predicted octanol–water partition coefficient (Wildman–Crippen LogP) is 2.49. The maximum atomic E-state index is 8.90. The molecule has 3 rings (SSSR count). The Bertz CT molecular complexity index is 638. The minimum atomic E-state index is 0.641. The van der Waals surface area contributed by atoms with E-state index in [4.69, 9.17) is 5.26 Å². The van der Waals surface area contributed by atoms with E-state index in [2.05, 4.69) is 26.2 Å². The van der Waals surface area contributed by atoms with Gasteiger partial charge in [0.25, 0.3) is 0 Å². The molecule has 1 aromatic carbocycles. The number of nitrogens with zero attached hydrogens (tertiary/aromatic N) is 4. The first-order valence-electron chi connectivity index (χ1n) is 7.02. The first-order valence-corrected chi connectivity index (χ1v) is 7.02. The molecule has 0 saturated carbocycles. The van der Waals surface area contributed by atoms with Crippen molar-refractivity contribution in [1.82, 2.24) is 14.8 Å². The van der Waals surface area contributed by atoms with Gasteiger partial charge in [0.1, 0.15) is 5.82 Å². The average molecular weight is 267 g/mol. The molecule has 102 valence electrons. The van der Waals surface area contributed by atoms with Crippen molar-refractivity contribution < 1.29 is 0 Å². The van der Waals surface area contributed by atoms with Crippen LogP contribution in [0.15, 0.2) is 24.3 Å². The molecular weight excluding hydrogens is 250 g/mol. The van der Waals surface area contributed by atoms with Crippen molar-refractivity contribution in [2.24, 2.45) is 0 Å². The molecule has 0 amide bonds. The van der Waals surface area contributed by atoms with Crippen LogP contribution in [0.25, 0.3) is 0 Å². The Morgan fingerprint density at radius 1 is 1.25 bits per heavy atom. The number of hydrogen-bond donors (Lipinski definition) is 1. The number of fused-ring (bicyclic) bond motifs is 1. The maximum Gasteiger partial charge on any atom is 0.152 e. The van der Waals surface area contributed by atoms with E-state index in [9.17, 15) is 0 Å². The molecule has 0 radical (unpaired) electrons. The van der Waals surface area contributed by atoms with Gasteiger partial charge >= 0.3 is 0 Å². The summed E-state index contributed by atoms with van der Waals surface area (Å²) in [4.78, 5) is 0. The summed E-state index contributed by atoms with van der Waals surface area (Å²) in [5.74, 6) is 2.08. The smallest absolute Gasteiger partial charge is 0.152 e. The third kappa shape index (κ3) is 2.64. The molecule has 1 N–H and O–H groups in total. The van der Waals surface area contributed by atoms with E-state index in [0.29, 0.717) is 12.1 Å². The molecule has 0 spiro atoms. The fourth-order valence-electron chi connectivity index (χ4n) is 2.56. The lowest BCUT2D eigenvalue weighted by atomic mass is 10.2. The van der Waals surface area contributed by atoms with Gasteiger partial charge in [0.15, 0.2) is 5.82 Å². The molecule has 1 aliphatic heterocycles. The highest BCUT2D eigenvalue weighted by molar-refractivity contribution is 5.49. The number of nitriles is 1. The lowest BCUT2D eigenvalue weighted by Crippen LogP contribution is -2.10.